The Bertz CT molecular complexity index is 1890. The number of fused-ring (bicyclic) bond motifs is 1. The molecule has 4 aromatic rings. The number of nitrogens with one attached hydrogen (secondary N) is 2. The van der Waals surface area contributed by atoms with Crippen LogP contribution in [0.15, 0.2) is 67.3 Å². The van der Waals surface area contributed by atoms with Crippen molar-refractivity contribution in [3.05, 3.63) is 58.5 Å². The predicted octanol–water partition coefficient (Wildman–Crippen LogP) is 3.53. The fourth-order valence-corrected chi connectivity index (χ4v) is 5.22. The van der Waals surface area contributed by atoms with Crippen molar-refractivity contribution in [3.63, 3.8) is 0 Å². The first kappa shape index (κ1) is 28.9. The molecule has 0 saturated carbocycles. The first-order valence-corrected chi connectivity index (χ1v) is 14.2. The fourth-order valence-electron chi connectivity index (χ4n) is 4.21. The summed E-state index contributed by atoms with van der Waals surface area (Å²) in [4.78, 5) is 35.7. The summed E-state index contributed by atoms with van der Waals surface area (Å²) in [5.41, 5.74) is -1.76. The number of ether oxygens (including phenoxy) is 1. The quantitative estimate of drug-likeness (QED) is 0.0944. The van der Waals surface area contributed by atoms with E-state index in [9.17, 15) is 37.3 Å². The van der Waals surface area contributed by atoms with Crippen molar-refractivity contribution >= 4 is 67.9 Å². The summed E-state index contributed by atoms with van der Waals surface area (Å²) in [5, 5.41) is 31.2. The summed E-state index contributed by atoms with van der Waals surface area (Å²) in [5.74, 6) is -2.06. The minimum atomic E-state index is -5.00. The molecule has 0 amide bonds. The van der Waals surface area contributed by atoms with Crippen LogP contribution in [0.25, 0.3) is 10.8 Å². The van der Waals surface area contributed by atoms with Crippen molar-refractivity contribution in [2.24, 2.45) is 10.2 Å². The van der Waals surface area contributed by atoms with Gasteiger partial charge in [0, 0.05) is 35.4 Å². The average Bonchev–Trinajstić information content (AvgIpc) is 2.96. The van der Waals surface area contributed by atoms with Crippen LogP contribution in [0.2, 0.25) is 0 Å². The Balaban J connectivity index is 1.68. The number of aromatic hydroxyl groups is 1. The third-order valence-electron chi connectivity index (χ3n) is 6.08. The first-order valence-electron chi connectivity index (χ1n) is 12.0. The highest BCUT2D eigenvalue weighted by atomic mass is 32.2. The number of phenolic OH excluding ortho intramolecular Hbond substituents is 1. The van der Waals surface area contributed by atoms with Gasteiger partial charge >= 0.3 is 11.7 Å². The van der Waals surface area contributed by atoms with Gasteiger partial charge < -0.3 is 29.7 Å². The maximum atomic E-state index is 12.3. The molecule has 218 valence electrons. The number of carbonyl (C=O) groups is 1. The van der Waals surface area contributed by atoms with Crippen molar-refractivity contribution in [2.45, 2.75) is 9.79 Å². The van der Waals surface area contributed by atoms with E-state index in [1.807, 2.05) is 0 Å². The lowest BCUT2D eigenvalue weighted by molar-refractivity contribution is 0.0697. The van der Waals surface area contributed by atoms with Crippen molar-refractivity contribution < 1.29 is 37.3 Å². The molecule has 42 heavy (non-hydrogen) atoms. The molecule has 0 aliphatic carbocycles. The van der Waals surface area contributed by atoms with Crippen LogP contribution in [0.5, 0.6) is 5.75 Å². The highest BCUT2D eigenvalue weighted by Gasteiger charge is 2.25. The molecule has 0 spiro atoms. The number of phenols is 1. The van der Waals surface area contributed by atoms with Crippen molar-refractivity contribution in [1.82, 2.24) is 15.0 Å². The molecule has 16 nitrogen and oxygen atoms in total. The van der Waals surface area contributed by atoms with E-state index < -0.39 is 38.1 Å². The number of aromatic carboxylic acids is 1. The van der Waals surface area contributed by atoms with Crippen LogP contribution < -0.4 is 15.9 Å². The number of hydrogen-bond donors (Lipinski definition) is 6. The van der Waals surface area contributed by atoms with Gasteiger partial charge in [0.2, 0.25) is 11.9 Å². The molecular formula is C24H21N7O9S2. The highest BCUT2D eigenvalue weighted by molar-refractivity contribution is 7.93. The molecule has 1 aliphatic rings. The first-order chi connectivity index (χ1) is 20.0. The molecule has 1 aliphatic heterocycles. The number of anilines is 3. The van der Waals surface area contributed by atoms with E-state index in [1.165, 1.54) is 36.4 Å². The lowest BCUT2D eigenvalue weighted by Gasteiger charge is -2.26. The van der Waals surface area contributed by atoms with E-state index in [4.69, 9.17) is 4.74 Å². The van der Waals surface area contributed by atoms with Crippen LogP contribution in [0.3, 0.4) is 0 Å². The van der Waals surface area contributed by atoms with Gasteiger partial charge in [-0.05, 0) is 35.7 Å². The van der Waals surface area contributed by atoms with Gasteiger partial charge in [0.1, 0.15) is 16.3 Å². The van der Waals surface area contributed by atoms with Gasteiger partial charge in [-0.2, -0.15) is 18.4 Å². The number of H-pyrrole nitrogens is 1. The molecule has 2 heterocycles. The number of rotatable bonds is 8. The summed E-state index contributed by atoms with van der Waals surface area (Å²) in [6.07, 6.45) is 0. The van der Waals surface area contributed by atoms with Crippen LogP contribution in [-0.4, -0.2) is 75.0 Å². The SMILES string of the molecule is O=C(O)c1ccccc1N=Nc1c(S(=O)(=O)O)cc2cc(SO)cc(Nc3nc(N4CCOCC4)nc(=O)[nH]3)c2c1O. The normalized spacial score (nSPS) is 14.0. The third kappa shape index (κ3) is 6.02. The van der Waals surface area contributed by atoms with Crippen LogP contribution in [-0.2, 0) is 14.9 Å². The minimum absolute atomic E-state index is 0.0383. The standard InChI is InChI=1S/C24H21N7O9S2/c32-20-18-12(10-17(42(37,38)39)19(20)30-29-15-4-2-1-3-14(15)21(33)34)9-13(41-36)11-16(18)25-22-26-23(28-24(35)27-22)31-5-7-40-8-6-31/h1-4,9-11,32,36H,5-8H2,(H,33,34)(H,37,38,39)(H2,25,26,27,28,35). The maximum Gasteiger partial charge on any atom is 0.351 e. The second-order valence-corrected chi connectivity index (χ2v) is 10.8. The predicted molar refractivity (Wildman–Crippen MR) is 150 cm³/mol. The van der Waals surface area contributed by atoms with Crippen LogP contribution >= 0.6 is 12.0 Å². The number of carboxylic acids is 1. The molecule has 0 bridgehead atoms. The molecule has 1 saturated heterocycles. The number of benzene rings is 3. The van der Waals surface area contributed by atoms with Gasteiger partial charge in [0.15, 0.2) is 5.75 Å². The lowest BCUT2D eigenvalue weighted by atomic mass is 10.1. The summed E-state index contributed by atoms with van der Waals surface area (Å²) in [6.45, 7) is 1.72. The second-order valence-electron chi connectivity index (χ2n) is 8.76. The topological polar surface area (TPSA) is 240 Å². The van der Waals surface area contributed by atoms with E-state index >= 15 is 0 Å². The van der Waals surface area contributed by atoms with Gasteiger partial charge in [-0.1, -0.05) is 12.1 Å². The Labute approximate surface area is 240 Å². The van der Waals surface area contributed by atoms with Crippen LogP contribution in [0.4, 0.5) is 29.0 Å². The monoisotopic (exact) mass is 615 g/mol. The largest absolute Gasteiger partial charge is 0.505 e. The number of carboxylic acid groups (broad SMARTS) is 1. The Morgan fingerprint density at radius 3 is 2.55 bits per heavy atom. The Morgan fingerprint density at radius 1 is 1.12 bits per heavy atom. The number of aromatic nitrogens is 3. The zero-order valence-corrected chi connectivity index (χ0v) is 22.9. The fraction of sp³-hybridized carbons (Fsp3) is 0.167. The molecule has 1 fully saturated rings. The molecule has 1 aromatic heterocycles. The zero-order chi connectivity index (χ0) is 30.0. The van der Waals surface area contributed by atoms with Gasteiger partial charge in [-0.3, -0.25) is 9.54 Å². The van der Waals surface area contributed by atoms with Crippen LogP contribution in [0, 0.1) is 0 Å². The van der Waals surface area contributed by atoms with Gasteiger partial charge in [0.25, 0.3) is 10.1 Å². The Hall–Kier alpha value is -4.62. The summed E-state index contributed by atoms with van der Waals surface area (Å²) < 4.78 is 49.6. The molecule has 5 rings (SSSR count). The minimum Gasteiger partial charge on any atom is -0.505 e. The lowest BCUT2D eigenvalue weighted by Crippen LogP contribution is -2.38. The molecule has 18 heteroatoms. The van der Waals surface area contributed by atoms with Gasteiger partial charge in [0.05, 0.1) is 24.5 Å². The smallest absolute Gasteiger partial charge is 0.351 e. The number of morpholine rings is 1. The highest BCUT2D eigenvalue weighted by Crippen LogP contribution is 2.46. The van der Waals surface area contributed by atoms with Crippen LogP contribution in [0.1, 0.15) is 10.4 Å². The Kier molecular flexibility index (Phi) is 8.05. The van der Waals surface area contributed by atoms with E-state index in [-0.39, 0.29) is 44.5 Å². The molecule has 0 radical (unpaired) electrons. The van der Waals surface area contributed by atoms with Gasteiger partial charge in [-0.25, -0.2) is 9.59 Å². The molecule has 0 atom stereocenters. The Morgan fingerprint density at radius 2 is 1.86 bits per heavy atom. The van der Waals surface area contributed by atoms with Crippen molar-refractivity contribution in [3.8, 4) is 5.75 Å². The van der Waals surface area contributed by atoms with E-state index in [1.54, 1.807) is 4.90 Å². The summed E-state index contributed by atoms with van der Waals surface area (Å²) in [6, 6.07) is 9.22. The maximum absolute atomic E-state index is 12.3. The van der Waals surface area contributed by atoms with E-state index in [2.05, 4.69) is 30.5 Å². The molecule has 6 N–H and O–H groups in total. The zero-order valence-electron chi connectivity index (χ0n) is 21.3. The molecule has 3 aromatic carbocycles. The van der Waals surface area contributed by atoms with Crippen molar-refractivity contribution in [1.29, 1.82) is 0 Å². The van der Waals surface area contributed by atoms with Gasteiger partial charge in [-0.15, -0.1) is 10.2 Å². The summed E-state index contributed by atoms with van der Waals surface area (Å²) in [7, 11) is -5.00. The van der Waals surface area contributed by atoms with E-state index in [0.717, 1.165) is 6.07 Å². The number of nitrogens with zero attached hydrogens (tertiary/aromatic N) is 5. The molecular weight excluding hydrogens is 594 g/mol. The number of azo groups is 1. The third-order valence-corrected chi connectivity index (χ3v) is 7.40. The summed E-state index contributed by atoms with van der Waals surface area (Å²) >= 11 is 0.315. The number of aromatic amines is 1. The van der Waals surface area contributed by atoms with E-state index in [0.29, 0.717) is 38.3 Å². The molecule has 0 unspecified atom stereocenters. The average molecular weight is 616 g/mol. The van der Waals surface area contributed by atoms with Crippen molar-refractivity contribution in [2.75, 3.05) is 36.5 Å². The number of hydrogen-bond acceptors (Lipinski definition) is 14. The second kappa shape index (κ2) is 11.7.